The van der Waals surface area contributed by atoms with Gasteiger partial charge in [0.15, 0.2) is 11.0 Å². The molecule has 1 fully saturated rings. The second-order valence-corrected chi connectivity index (χ2v) is 4.58. The maximum absolute atomic E-state index is 11.5. The van der Waals surface area contributed by atoms with Crippen LogP contribution >= 0.6 is 11.8 Å². The van der Waals surface area contributed by atoms with Crippen LogP contribution in [0.2, 0.25) is 0 Å². The van der Waals surface area contributed by atoms with E-state index in [9.17, 15) is 9.59 Å². The van der Waals surface area contributed by atoms with Crippen LogP contribution in [0.5, 0.6) is 0 Å². The van der Waals surface area contributed by atoms with E-state index in [2.05, 4.69) is 20.6 Å². The molecule has 0 aliphatic carbocycles. The average molecular weight is 266 g/mol. The topological polar surface area (TPSA) is 104 Å². The minimum absolute atomic E-state index is 0.0487. The molecule has 94 valence electrons. The van der Waals surface area contributed by atoms with E-state index in [1.165, 1.54) is 11.8 Å². The molecular weight excluding hydrogens is 256 g/mol. The summed E-state index contributed by atoms with van der Waals surface area (Å²) in [6, 6.07) is 5.27. The summed E-state index contributed by atoms with van der Waals surface area (Å²) in [7, 11) is 0. The van der Waals surface area contributed by atoms with Gasteiger partial charge in [0.1, 0.15) is 5.25 Å². The van der Waals surface area contributed by atoms with Gasteiger partial charge in [-0.3, -0.25) is 4.79 Å². The number of amides is 2. The van der Waals surface area contributed by atoms with Crippen molar-refractivity contribution in [2.45, 2.75) is 5.25 Å². The zero-order valence-electron chi connectivity index (χ0n) is 9.16. The third-order valence-corrected chi connectivity index (χ3v) is 3.16. The SMILES string of the molecule is O=C(O)NCC1SC(=Nc2ccccn2)NC1=O. The first-order chi connectivity index (χ1) is 8.65. The van der Waals surface area contributed by atoms with Crippen LogP contribution in [0, 0.1) is 0 Å². The molecule has 7 nitrogen and oxygen atoms in total. The van der Waals surface area contributed by atoms with Crippen molar-refractivity contribution >= 4 is 34.7 Å². The zero-order chi connectivity index (χ0) is 13.0. The molecule has 0 radical (unpaired) electrons. The Balaban J connectivity index is 2.00. The molecule has 8 heteroatoms. The van der Waals surface area contributed by atoms with Crippen LogP contribution in [-0.4, -0.2) is 39.1 Å². The van der Waals surface area contributed by atoms with Crippen LogP contribution < -0.4 is 10.6 Å². The Morgan fingerprint density at radius 2 is 2.44 bits per heavy atom. The van der Waals surface area contributed by atoms with E-state index >= 15 is 0 Å². The monoisotopic (exact) mass is 266 g/mol. The fourth-order valence-corrected chi connectivity index (χ4v) is 2.20. The van der Waals surface area contributed by atoms with Crippen molar-refractivity contribution in [1.29, 1.82) is 0 Å². The molecule has 0 spiro atoms. The molecule has 1 aromatic heterocycles. The summed E-state index contributed by atoms with van der Waals surface area (Å²) in [4.78, 5) is 30.0. The summed E-state index contributed by atoms with van der Waals surface area (Å²) in [6.07, 6.45) is 0.447. The summed E-state index contributed by atoms with van der Waals surface area (Å²) in [5.74, 6) is 0.232. The van der Waals surface area contributed by atoms with Gasteiger partial charge < -0.3 is 15.7 Å². The summed E-state index contributed by atoms with van der Waals surface area (Å²) in [5, 5.41) is 13.1. The first kappa shape index (κ1) is 12.4. The summed E-state index contributed by atoms with van der Waals surface area (Å²) >= 11 is 1.18. The predicted octanol–water partition coefficient (Wildman–Crippen LogP) is 0.568. The highest BCUT2D eigenvalue weighted by Crippen LogP contribution is 2.21. The normalized spacial score (nSPS) is 20.8. The molecule has 1 unspecified atom stereocenters. The minimum Gasteiger partial charge on any atom is -0.465 e. The van der Waals surface area contributed by atoms with Crippen LogP contribution in [0.25, 0.3) is 0 Å². The highest BCUT2D eigenvalue weighted by molar-refractivity contribution is 8.15. The Labute approximate surface area is 107 Å². The van der Waals surface area contributed by atoms with Crippen LogP contribution in [0.15, 0.2) is 29.4 Å². The van der Waals surface area contributed by atoms with Gasteiger partial charge in [0.25, 0.3) is 0 Å². The fraction of sp³-hybridized carbons (Fsp3) is 0.200. The molecule has 3 N–H and O–H groups in total. The van der Waals surface area contributed by atoms with Crippen molar-refractivity contribution in [3.8, 4) is 0 Å². The van der Waals surface area contributed by atoms with E-state index < -0.39 is 11.3 Å². The lowest BCUT2D eigenvalue weighted by Gasteiger charge is -2.03. The van der Waals surface area contributed by atoms with Crippen molar-refractivity contribution in [3.63, 3.8) is 0 Å². The highest BCUT2D eigenvalue weighted by Gasteiger charge is 2.30. The number of carbonyl (C=O) groups excluding carboxylic acids is 1. The van der Waals surface area contributed by atoms with E-state index in [0.29, 0.717) is 11.0 Å². The first-order valence-corrected chi connectivity index (χ1v) is 5.97. The maximum Gasteiger partial charge on any atom is 0.404 e. The number of nitrogens with one attached hydrogen (secondary N) is 2. The van der Waals surface area contributed by atoms with Gasteiger partial charge >= 0.3 is 6.09 Å². The number of nitrogens with zero attached hydrogens (tertiary/aromatic N) is 2. The number of carboxylic acid groups (broad SMARTS) is 1. The molecule has 1 aromatic rings. The van der Waals surface area contributed by atoms with Crippen LogP contribution in [0.3, 0.4) is 0 Å². The molecule has 2 heterocycles. The van der Waals surface area contributed by atoms with E-state index in [1.54, 1.807) is 24.4 Å². The van der Waals surface area contributed by atoms with Crippen LogP contribution in [0.1, 0.15) is 0 Å². The summed E-state index contributed by atoms with van der Waals surface area (Å²) in [6.45, 7) is 0.0487. The van der Waals surface area contributed by atoms with Crippen molar-refractivity contribution in [2.75, 3.05) is 6.54 Å². The molecule has 0 aromatic carbocycles. The third kappa shape index (κ3) is 3.20. The number of carbonyl (C=O) groups is 2. The Bertz CT molecular complexity index is 491. The lowest BCUT2D eigenvalue weighted by molar-refractivity contribution is -0.118. The quantitative estimate of drug-likeness (QED) is 0.742. The highest BCUT2D eigenvalue weighted by atomic mass is 32.2. The zero-order valence-corrected chi connectivity index (χ0v) is 9.98. The lowest BCUT2D eigenvalue weighted by Crippen LogP contribution is -2.34. The molecule has 2 amide bonds. The Morgan fingerprint density at radius 1 is 1.61 bits per heavy atom. The summed E-state index contributed by atoms with van der Waals surface area (Å²) < 4.78 is 0. The van der Waals surface area contributed by atoms with E-state index in [1.807, 2.05) is 0 Å². The molecule has 1 saturated heterocycles. The van der Waals surface area contributed by atoms with Crippen molar-refractivity contribution in [2.24, 2.45) is 4.99 Å². The molecule has 1 atom stereocenters. The smallest absolute Gasteiger partial charge is 0.404 e. The second kappa shape index (κ2) is 5.50. The minimum atomic E-state index is -1.15. The van der Waals surface area contributed by atoms with Crippen LogP contribution in [0.4, 0.5) is 10.6 Å². The predicted molar refractivity (Wildman–Crippen MR) is 66.9 cm³/mol. The Hall–Kier alpha value is -2.09. The average Bonchev–Trinajstić information content (AvgIpc) is 2.68. The van der Waals surface area contributed by atoms with Gasteiger partial charge in [0.2, 0.25) is 5.91 Å². The number of amidine groups is 1. The van der Waals surface area contributed by atoms with Gasteiger partial charge in [-0.2, -0.15) is 0 Å². The van der Waals surface area contributed by atoms with E-state index in [4.69, 9.17) is 5.11 Å². The van der Waals surface area contributed by atoms with Crippen LogP contribution in [-0.2, 0) is 4.79 Å². The van der Waals surface area contributed by atoms with E-state index in [0.717, 1.165) is 0 Å². The fourth-order valence-electron chi connectivity index (χ4n) is 1.30. The summed E-state index contributed by atoms with van der Waals surface area (Å²) in [5.41, 5.74) is 0. The largest absolute Gasteiger partial charge is 0.465 e. The molecular formula is C10H10N4O3S. The molecule has 1 aliphatic heterocycles. The van der Waals surface area contributed by atoms with Crippen molar-refractivity contribution < 1.29 is 14.7 Å². The number of thioether (sulfide) groups is 1. The van der Waals surface area contributed by atoms with Gasteiger partial charge in [-0.25, -0.2) is 14.8 Å². The van der Waals surface area contributed by atoms with Gasteiger partial charge in [-0.05, 0) is 12.1 Å². The number of hydrogen-bond acceptors (Lipinski definition) is 5. The molecule has 18 heavy (non-hydrogen) atoms. The van der Waals surface area contributed by atoms with Gasteiger partial charge in [0.05, 0.1) is 0 Å². The Morgan fingerprint density at radius 3 is 3.11 bits per heavy atom. The Kier molecular flexibility index (Phi) is 3.78. The second-order valence-electron chi connectivity index (χ2n) is 3.39. The molecule has 0 bridgehead atoms. The van der Waals surface area contributed by atoms with Crippen molar-refractivity contribution in [3.05, 3.63) is 24.4 Å². The first-order valence-electron chi connectivity index (χ1n) is 5.09. The third-order valence-electron chi connectivity index (χ3n) is 2.08. The standard InChI is InChI=1S/C10H10N4O3S/c15-8-6(5-12-10(16)17)18-9(14-8)13-7-3-1-2-4-11-7/h1-4,6,12H,5H2,(H,16,17)(H,11,13,14,15). The van der Waals surface area contributed by atoms with Gasteiger partial charge in [-0.15, -0.1) is 0 Å². The van der Waals surface area contributed by atoms with Gasteiger partial charge in [-0.1, -0.05) is 17.8 Å². The number of hydrogen-bond donors (Lipinski definition) is 3. The van der Waals surface area contributed by atoms with Gasteiger partial charge in [0, 0.05) is 12.7 Å². The number of aromatic nitrogens is 1. The molecule has 0 saturated carbocycles. The van der Waals surface area contributed by atoms with E-state index in [-0.39, 0.29) is 12.5 Å². The lowest BCUT2D eigenvalue weighted by atomic mass is 10.4. The number of aliphatic imine (C=N–C) groups is 1. The number of rotatable bonds is 3. The molecule has 2 rings (SSSR count). The van der Waals surface area contributed by atoms with Crippen molar-refractivity contribution in [1.82, 2.24) is 15.6 Å². The number of pyridine rings is 1. The maximum atomic E-state index is 11.5. The molecule has 1 aliphatic rings.